The molecule has 4 atom stereocenters. The maximum absolute atomic E-state index is 13.5. The molecule has 0 amide bonds. The van der Waals surface area contributed by atoms with Crippen LogP contribution in [0.5, 0.6) is 0 Å². The minimum atomic E-state index is -2.55. The largest absolute Gasteiger partial charge is 0.299 e. The van der Waals surface area contributed by atoms with Crippen molar-refractivity contribution in [2.45, 2.75) is 64.0 Å². The van der Waals surface area contributed by atoms with Gasteiger partial charge < -0.3 is 0 Å². The Labute approximate surface area is 134 Å². The molecule has 4 nitrogen and oxygen atoms in total. The number of carbonyl (C=O) groups excluding carboxylic acids is 1. The van der Waals surface area contributed by atoms with E-state index < -0.39 is 7.44 Å². The Hall–Kier alpha value is -0.440. The van der Waals surface area contributed by atoms with Gasteiger partial charge in [-0.25, -0.2) is 9.34 Å². The summed E-state index contributed by atoms with van der Waals surface area (Å²) >= 11 is 0. The topological polar surface area (TPSA) is 40.6 Å². The number of ketones is 1. The normalized spacial score (nSPS) is 39.7. The first-order chi connectivity index (χ1) is 10.4. The Kier molecular flexibility index (Phi) is 4.64. The Balaban J connectivity index is 1.69. The quantitative estimate of drug-likeness (QED) is 0.739. The summed E-state index contributed by atoms with van der Waals surface area (Å²) in [5, 5.41) is 0. The van der Waals surface area contributed by atoms with E-state index in [1.807, 2.05) is 26.8 Å². The van der Waals surface area contributed by atoms with Crippen molar-refractivity contribution in [2.75, 3.05) is 14.1 Å². The van der Waals surface area contributed by atoms with E-state index in [2.05, 4.69) is 15.4 Å². The number of hydrogen-bond acceptors (Lipinski definition) is 2. The highest BCUT2D eigenvalue weighted by Crippen LogP contribution is 2.62. The van der Waals surface area contributed by atoms with Crippen molar-refractivity contribution in [3.05, 3.63) is 11.9 Å². The third-order valence-electron chi connectivity index (χ3n) is 6.27. The number of rotatable bonds is 3. The molecular weight excluding hydrogens is 295 g/mol. The summed E-state index contributed by atoms with van der Waals surface area (Å²) in [6.07, 6.45) is 9.52. The Morgan fingerprint density at radius 3 is 2.23 bits per heavy atom. The summed E-state index contributed by atoms with van der Waals surface area (Å²) < 4.78 is 17.7. The standard InChI is InChI=1S/C17H29N2O2P/c1-13-14(10-11-17(13)20)7-6-12-22(21)18(2)15-8-4-5-9-16(15)19(22)3/h6,12-16H,4-5,7-11H2,1-3H3/b12-6+/t13-,14+,15+,16+/m0/s1. The molecule has 0 N–H and O–H groups in total. The zero-order valence-corrected chi connectivity index (χ0v) is 15.0. The van der Waals surface area contributed by atoms with E-state index in [0.717, 1.165) is 32.1 Å². The number of nitrogens with zero attached hydrogens (tertiary/aromatic N) is 2. The Morgan fingerprint density at radius 2 is 1.73 bits per heavy atom. The molecule has 3 fully saturated rings. The summed E-state index contributed by atoms with van der Waals surface area (Å²) in [6.45, 7) is 2.04. The first-order valence-corrected chi connectivity index (χ1v) is 10.4. The third-order valence-corrected chi connectivity index (χ3v) is 9.27. The van der Waals surface area contributed by atoms with Crippen LogP contribution in [-0.4, -0.2) is 41.3 Å². The molecular formula is C17H29N2O2P. The predicted octanol–water partition coefficient (Wildman–Crippen LogP) is 3.89. The smallest absolute Gasteiger partial charge is 0.238 e. The molecule has 124 valence electrons. The van der Waals surface area contributed by atoms with E-state index in [1.54, 1.807) is 0 Å². The van der Waals surface area contributed by atoms with Gasteiger partial charge in [-0.2, -0.15) is 0 Å². The molecule has 1 saturated heterocycles. The zero-order chi connectivity index (χ0) is 15.9. The van der Waals surface area contributed by atoms with Crippen LogP contribution in [0, 0.1) is 11.8 Å². The van der Waals surface area contributed by atoms with Gasteiger partial charge in [-0.3, -0.25) is 9.36 Å². The summed E-state index contributed by atoms with van der Waals surface area (Å²) in [5.41, 5.74) is 0. The van der Waals surface area contributed by atoms with Crippen LogP contribution in [0.25, 0.3) is 0 Å². The van der Waals surface area contributed by atoms with E-state index in [0.29, 0.717) is 23.8 Å². The second-order valence-corrected chi connectivity index (χ2v) is 10.1. The Morgan fingerprint density at radius 1 is 1.14 bits per heavy atom. The first kappa shape index (κ1) is 16.4. The monoisotopic (exact) mass is 324 g/mol. The molecule has 0 unspecified atom stereocenters. The third kappa shape index (κ3) is 2.64. The van der Waals surface area contributed by atoms with Gasteiger partial charge in [0.1, 0.15) is 5.78 Å². The molecule has 0 aromatic heterocycles. The van der Waals surface area contributed by atoms with Gasteiger partial charge in [0, 0.05) is 30.2 Å². The van der Waals surface area contributed by atoms with Gasteiger partial charge in [0.15, 0.2) is 0 Å². The van der Waals surface area contributed by atoms with Crippen LogP contribution >= 0.6 is 7.44 Å². The van der Waals surface area contributed by atoms with E-state index >= 15 is 0 Å². The van der Waals surface area contributed by atoms with Crippen LogP contribution in [0.3, 0.4) is 0 Å². The molecule has 1 aliphatic heterocycles. The van der Waals surface area contributed by atoms with Gasteiger partial charge in [0.05, 0.1) is 0 Å². The molecule has 3 rings (SSSR count). The molecule has 0 spiro atoms. The lowest BCUT2D eigenvalue weighted by Crippen LogP contribution is -2.37. The van der Waals surface area contributed by atoms with Crippen LogP contribution < -0.4 is 0 Å². The number of carbonyl (C=O) groups is 1. The molecule has 0 bridgehead atoms. The Bertz CT molecular complexity index is 497. The van der Waals surface area contributed by atoms with Crippen LogP contribution in [0.1, 0.15) is 51.9 Å². The highest BCUT2D eigenvalue weighted by molar-refractivity contribution is 7.62. The van der Waals surface area contributed by atoms with Crippen molar-refractivity contribution in [1.82, 2.24) is 9.34 Å². The van der Waals surface area contributed by atoms with Gasteiger partial charge in [0.2, 0.25) is 7.44 Å². The van der Waals surface area contributed by atoms with Crippen molar-refractivity contribution in [3.63, 3.8) is 0 Å². The SMILES string of the molecule is C[C@@H]1C(=O)CC[C@H]1C/C=C/P1(=O)N(C)[C@@H]2CCCC[C@H]2N1C. The van der Waals surface area contributed by atoms with E-state index in [9.17, 15) is 9.36 Å². The fourth-order valence-electron chi connectivity index (χ4n) is 4.58. The van der Waals surface area contributed by atoms with E-state index in [4.69, 9.17) is 0 Å². The van der Waals surface area contributed by atoms with Crippen LogP contribution in [0.15, 0.2) is 11.9 Å². The molecule has 1 heterocycles. The average molecular weight is 324 g/mol. The molecule has 5 heteroatoms. The van der Waals surface area contributed by atoms with Crippen LogP contribution in [0.4, 0.5) is 0 Å². The summed E-state index contributed by atoms with van der Waals surface area (Å²) in [4.78, 5) is 11.6. The predicted molar refractivity (Wildman–Crippen MR) is 89.8 cm³/mol. The summed E-state index contributed by atoms with van der Waals surface area (Å²) in [6, 6.07) is 0.891. The lowest BCUT2D eigenvalue weighted by Gasteiger charge is -2.28. The van der Waals surface area contributed by atoms with Crippen molar-refractivity contribution in [3.8, 4) is 0 Å². The number of hydrogen-bond donors (Lipinski definition) is 0. The zero-order valence-electron chi connectivity index (χ0n) is 14.1. The minimum absolute atomic E-state index is 0.173. The lowest BCUT2D eigenvalue weighted by molar-refractivity contribution is -0.120. The van der Waals surface area contributed by atoms with Gasteiger partial charge in [-0.15, -0.1) is 0 Å². The van der Waals surface area contributed by atoms with Gasteiger partial charge in [-0.05, 0) is 45.7 Å². The van der Waals surface area contributed by atoms with Crippen molar-refractivity contribution in [1.29, 1.82) is 0 Å². The van der Waals surface area contributed by atoms with Crippen molar-refractivity contribution >= 4 is 13.2 Å². The van der Waals surface area contributed by atoms with Gasteiger partial charge >= 0.3 is 0 Å². The molecule has 2 saturated carbocycles. The van der Waals surface area contributed by atoms with Gasteiger partial charge in [-0.1, -0.05) is 25.8 Å². The molecule has 22 heavy (non-hydrogen) atoms. The van der Waals surface area contributed by atoms with Crippen molar-refractivity contribution < 1.29 is 9.36 Å². The van der Waals surface area contributed by atoms with E-state index in [1.165, 1.54) is 12.8 Å². The minimum Gasteiger partial charge on any atom is -0.299 e. The fourth-order valence-corrected chi connectivity index (χ4v) is 7.24. The summed E-state index contributed by atoms with van der Waals surface area (Å²) in [5.74, 6) is 2.97. The highest BCUT2D eigenvalue weighted by Gasteiger charge is 2.50. The molecule has 3 aliphatic rings. The van der Waals surface area contributed by atoms with E-state index in [-0.39, 0.29) is 5.92 Å². The highest BCUT2D eigenvalue weighted by atomic mass is 31.2. The first-order valence-electron chi connectivity index (χ1n) is 8.72. The maximum atomic E-state index is 13.5. The second-order valence-electron chi connectivity index (χ2n) is 7.33. The molecule has 2 aliphatic carbocycles. The number of Topliss-reactive ketones (excluding diaryl/α,β-unsaturated/α-hetero) is 1. The average Bonchev–Trinajstić information content (AvgIpc) is 2.93. The number of fused-ring (bicyclic) bond motifs is 1. The van der Waals surface area contributed by atoms with Crippen molar-refractivity contribution in [2.24, 2.45) is 11.8 Å². The van der Waals surface area contributed by atoms with Crippen LogP contribution in [-0.2, 0) is 9.36 Å². The van der Waals surface area contributed by atoms with Gasteiger partial charge in [0.25, 0.3) is 0 Å². The summed E-state index contributed by atoms with van der Waals surface area (Å²) in [7, 11) is 1.51. The second kappa shape index (κ2) is 6.22. The number of likely N-dealkylation sites (N-methyl/N-ethyl adjacent to an activating group) is 2. The van der Waals surface area contributed by atoms with Crippen LogP contribution in [0.2, 0.25) is 0 Å². The maximum Gasteiger partial charge on any atom is 0.238 e. The molecule has 0 aromatic rings. The lowest BCUT2D eigenvalue weighted by atomic mass is 9.91. The number of allylic oxidation sites excluding steroid dienone is 1. The molecule has 0 radical (unpaired) electrons. The molecule has 0 aromatic carbocycles. The fraction of sp³-hybridized carbons (Fsp3) is 0.824.